The highest BCUT2D eigenvalue weighted by molar-refractivity contribution is 5.78. The molecular weight excluding hydrogens is 312 g/mol. The van der Waals surface area contributed by atoms with Crippen molar-refractivity contribution >= 4 is 11.0 Å². The number of benzene rings is 2. The van der Waals surface area contributed by atoms with Crippen molar-refractivity contribution in [2.45, 2.75) is 40.7 Å². The third-order valence-electron chi connectivity index (χ3n) is 4.56. The number of aromatic nitrogens is 2. The fourth-order valence-corrected chi connectivity index (χ4v) is 3.24. The maximum absolute atomic E-state index is 9.36. The molecule has 3 rings (SSSR count). The molecule has 0 aliphatic rings. The van der Waals surface area contributed by atoms with E-state index in [-0.39, 0.29) is 6.61 Å². The largest absolute Gasteiger partial charge is 0.492 e. The molecular formula is C21H26N2O2. The minimum absolute atomic E-state index is 0.0964. The Bertz CT molecular complexity index is 876. The Morgan fingerprint density at radius 3 is 2.32 bits per heavy atom. The summed E-state index contributed by atoms with van der Waals surface area (Å²) in [6.45, 7) is 9.74. The molecule has 0 bridgehead atoms. The lowest BCUT2D eigenvalue weighted by atomic mass is 10.1. The summed E-state index contributed by atoms with van der Waals surface area (Å²) >= 11 is 0. The average Bonchev–Trinajstić information content (AvgIpc) is 2.84. The van der Waals surface area contributed by atoms with Gasteiger partial charge in [0.1, 0.15) is 18.2 Å². The second-order valence-electron chi connectivity index (χ2n) is 6.75. The molecule has 0 aliphatic heterocycles. The van der Waals surface area contributed by atoms with Gasteiger partial charge in [0.25, 0.3) is 0 Å². The summed E-state index contributed by atoms with van der Waals surface area (Å²) in [6.07, 6.45) is 0.552. The van der Waals surface area contributed by atoms with Crippen LogP contribution in [0.5, 0.6) is 5.75 Å². The lowest BCUT2D eigenvalue weighted by Gasteiger charge is -2.12. The molecule has 3 aromatic rings. The first kappa shape index (κ1) is 17.5. The number of hydrogen-bond acceptors (Lipinski definition) is 3. The van der Waals surface area contributed by atoms with Crippen LogP contribution >= 0.6 is 0 Å². The van der Waals surface area contributed by atoms with Crippen LogP contribution in [-0.2, 0) is 13.0 Å². The lowest BCUT2D eigenvalue weighted by Crippen LogP contribution is -2.12. The van der Waals surface area contributed by atoms with E-state index in [2.05, 4.69) is 62.6 Å². The Kier molecular flexibility index (Phi) is 5.09. The molecule has 0 radical (unpaired) electrons. The van der Waals surface area contributed by atoms with Crippen LogP contribution in [-0.4, -0.2) is 27.9 Å². The smallest absolute Gasteiger partial charge is 0.119 e. The molecule has 1 N–H and O–H groups in total. The van der Waals surface area contributed by atoms with E-state index in [0.29, 0.717) is 19.6 Å². The summed E-state index contributed by atoms with van der Waals surface area (Å²) in [5, 5.41) is 9.36. The maximum Gasteiger partial charge on any atom is 0.119 e. The van der Waals surface area contributed by atoms with Crippen molar-refractivity contribution in [3.63, 3.8) is 0 Å². The molecule has 0 fully saturated rings. The number of aliphatic hydroxyl groups excluding tert-OH is 1. The Hall–Kier alpha value is -2.33. The van der Waals surface area contributed by atoms with Gasteiger partial charge in [-0.25, -0.2) is 4.98 Å². The average molecular weight is 338 g/mol. The summed E-state index contributed by atoms with van der Waals surface area (Å²) in [4.78, 5) is 4.71. The number of imidazole rings is 1. The van der Waals surface area contributed by atoms with Gasteiger partial charge in [0.05, 0.1) is 24.2 Å². The van der Waals surface area contributed by atoms with Crippen LogP contribution in [0.2, 0.25) is 0 Å². The zero-order valence-corrected chi connectivity index (χ0v) is 15.5. The normalized spacial score (nSPS) is 11.2. The van der Waals surface area contributed by atoms with E-state index in [4.69, 9.17) is 9.72 Å². The van der Waals surface area contributed by atoms with Crippen LogP contribution in [0.25, 0.3) is 11.0 Å². The third-order valence-corrected chi connectivity index (χ3v) is 4.56. The monoisotopic (exact) mass is 338 g/mol. The van der Waals surface area contributed by atoms with Gasteiger partial charge in [-0.3, -0.25) is 0 Å². The number of nitrogens with zero attached hydrogens (tertiary/aromatic N) is 2. The van der Waals surface area contributed by atoms with Crippen molar-refractivity contribution in [2.75, 3.05) is 13.2 Å². The summed E-state index contributed by atoms with van der Waals surface area (Å²) in [5.74, 6) is 1.81. The van der Waals surface area contributed by atoms with Crippen LogP contribution < -0.4 is 4.74 Å². The van der Waals surface area contributed by atoms with E-state index >= 15 is 0 Å². The first-order valence-corrected chi connectivity index (χ1v) is 8.76. The SMILES string of the molecule is Cc1cc(C)cc(OCCn2c(CCO)nc3cc(C)c(C)cc32)c1. The Morgan fingerprint density at radius 2 is 1.64 bits per heavy atom. The van der Waals surface area contributed by atoms with E-state index in [1.807, 2.05) is 0 Å². The molecule has 4 heteroatoms. The predicted molar refractivity (Wildman–Crippen MR) is 101 cm³/mol. The summed E-state index contributed by atoms with van der Waals surface area (Å²) in [5.41, 5.74) is 6.98. The van der Waals surface area contributed by atoms with Crippen molar-refractivity contribution < 1.29 is 9.84 Å². The van der Waals surface area contributed by atoms with Crippen molar-refractivity contribution in [1.29, 1.82) is 0 Å². The topological polar surface area (TPSA) is 47.3 Å². The van der Waals surface area contributed by atoms with Gasteiger partial charge in [-0.1, -0.05) is 6.07 Å². The minimum atomic E-state index is 0.0964. The molecule has 0 atom stereocenters. The number of aryl methyl sites for hydroxylation is 4. The van der Waals surface area contributed by atoms with E-state index < -0.39 is 0 Å². The van der Waals surface area contributed by atoms with E-state index in [1.54, 1.807) is 0 Å². The number of rotatable bonds is 6. The zero-order valence-electron chi connectivity index (χ0n) is 15.5. The molecule has 25 heavy (non-hydrogen) atoms. The molecule has 0 unspecified atom stereocenters. The van der Waals surface area contributed by atoms with Gasteiger partial charge in [-0.2, -0.15) is 0 Å². The first-order chi connectivity index (χ1) is 12.0. The van der Waals surface area contributed by atoms with Crippen LogP contribution in [0.15, 0.2) is 30.3 Å². The molecule has 2 aromatic carbocycles. The summed E-state index contributed by atoms with van der Waals surface area (Å²) in [7, 11) is 0. The lowest BCUT2D eigenvalue weighted by molar-refractivity contribution is 0.283. The Labute approximate surface area is 149 Å². The maximum atomic E-state index is 9.36. The van der Waals surface area contributed by atoms with E-state index in [0.717, 1.165) is 22.6 Å². The van der Waals surface area contributed by atoms with Crippen LogP contribution in [0, 0.1) is 27.7 Å². The fraction of sp³-hybridized carbons (Fsp3) is 0.381. The third kappa shape index (κ3) is 3.85. The van der Waals surface area contributed by atoms with Gasteiger partial charge in [0.15, 0.2) is 0 Å². The minimum Gasteiger partial charge on any atom is -0.492 e. The fourth-order valence-electron chi connectivity index (χ4n) is 3.24. The Balaban J connectivity index is 1.84. The van der Waals surface area contributed by atoms with Gasteiger partial charge >= 0.3 is 0 Å². The second-order valence-corrected chi connectivity index (χ2v) is 6.75. The molecule has 1 aromatic heterocycles. The first-order valence-electron chi connectivity index (χ1n) is 8.76. The number of hydrogen-bond donors (Lipinski definition) is 1. The molecule has 1 heterocycles. The van der Waals surface area contributed by atoms with Crippen molar-refractivity contribution in [2.24, 2.45) is 0 Å². The molecule has 0 amide bonds. The Morgan fingerprint density at radius 1 is 0.960 bits per heavy atom. The molecule has 0 saturated carbocycles. The summed E-state index contributed by atoms with van der Waals surface area (Å²) < 4.78 is 8.13. The van der Waals surface area contributed by atoms with Crippen molar-refractivity contribution in [1.82, 2.24) is 9.55 Å². The van der Waals surface area contributed by atoms with Gasteiger partial charge in [0, 0.05) is 6.42 Å². The molecule has 0 saturated heterocycles. The van der Waals surface area contributed by atoms with Gasteiger partial charge in [0.2, 0.25) is 0 Å². The highest BCUT2D eigenvalue weighted by atomic mass is 16.5. The molecule has 0 spiro atoms. The predicted octanol–water partition coefficient (Wildman–Crippen LogP) is 3.88. The van der Waals surface area contributed by atoms with E-state index in [1.165, 1.54) is 22.3 Å². The number of ether oxygens (including phenoxy) is 1. The van der Waals surface area contributed by atoms with Crippen LogP contribution in [0.3, 0.4) is 0 Å². The van der Waals surface area contributed by atoms with Crippen molar-refractivity contribution in [3.05, 3.63) is 58.4 Å². The van der Waals surface area contributed by atoms with Gasteiger partial charge in [-0.05, 0) is 74.2 Å². The highest BCUT2D eigenvalue weighted by Crippen LogP contribution is 2.22. The standard InChI is InChI=1S/C21H26N2O2/c1-14-9-15(2)11-18(10-14)25-8-6-23-20-13-17(4)16(3)12-19(20)22-21(23)5-7-24/h9-13,24H,5-8H2,1-4H3. The number of aliphatic hydroxyl groups is 1. The highest BCUT2D eigenvalue weighted by Gasteiger charge is 2.12. The molecule has 0 aliphatic carbocycles. The van der Waals surface area contributed by atoms with Crippen LogP contribution in [0.4, 0.5) is 0 Å². The molecule has 132 valence electrons. The summed E-state index contributed by atoms with van der Waals surface area (Å²) in [6, 6.07) is 10.5. The van der Waals surface area contributed by atoms with Crippen molar-refractivity contribution in [3.8, 4) is 5.75 Å². The number of fused-ring (bicyclic) bond motifs is 1. The van der Waals surface area contributed by atoms with Gasteiger partial charge in [-0.15, -0.1) is 0 Å². The quantitative estimate of drug-likeness (QED) is 0.742. The van der Waals surface area contributed by atoms with Crippen LogP contribution in [0.1, 0.15) is 28.1 Å². The molecule has 4 nitrogen and oxygen atoms in total. The zero-order chi connectivity index (χ0) is 18.0. The van der Waals surface area contributed by atoms with E-state index in [9.17, 15) is 5.11 Å². The van der Waals surface area contributed by atoms with Gasteiger partial charge < -0.3 is 14.4 Å². The second kappa shape index (κ2) is 7.28.